The Morgan fingerprint density at radius 3 is 2.50 bits per heavy atom. The van der Waals surface area contributed by atoms with Crippen LogP contribution in [0.1, 0.15) is 12.3 Å². The molecule has 0 aliphatic heterocycles. The van der Waals surface area contributed by atoms with E-state index < -0.39 is 9.84 Å². The number of oxazole rings is 1. The number of benzene rings is 2. The first-order valence-electron chi connectivity index (χ1n) is 8.69. The molecule has 0 aliphatic carbocycles. The Morgan fingerprint density at radius 2 is 1.79 bits per heavy atom. The summed E-state index contributed by atoms with van der Waals surface area (Å²) in [6.45, 7) is 0.0532. The topological polar surface area (TPSA) is 89.3 Å². The average Bonchev–Trinajstić information content (AvgIpc) is 3.16. The third kappa shape index (κ3) is 5.43. The maximum atomic E-state index is 12.2. The summed E-state index contributed by atoms with van der Waals surface area (Å²) in [5, 5.41) is 3.26. The van der Waals surface area contributed by atoms with Gasteiger partial charge in [0.15, 0.2) is 21.5 Å². The lowest BCUT2D eigenvalue weighted by Crippen LogP contribution is -2.29. The Hall–Kier alpha value is -2.64. The molecule has 1 heterocycles. The Bertz CT molecular complexity index is 1030. The Morgan fingerprint density at radius 1 is 1.07 bits per heavy atom. The number of aryl methyl sites for hydroxylation is 1. The molecule has 1 aromatic heterocycles. The number of amides is 1. The highest BCUT2D eigenvalue weighted by Gasteiger charge is 2.14. The maximum absolute atomic E-state index is 12.2. The minimum absolute atomic E-state index is 0.0532. The molecular formula is C20H19ClN2O4S. The van der Waals surface area contributed by atoms with Crippen LogP contribution >= 0.6 is 11.6 Å². The monoisotopic (exact) mass is 418 g/mol. The number of carbonyl (C=O) groups is 1. The molecule has 28 heavy (non-hydrogen) atoms. The lowest BCUT2D eigenvalue weighted by atomic mass is 10.2. The maximum Gasteiger partial charge on any atom is 0.220 e. The van der Waals surface area contributed by atoms with Crippen molar-refractivity contribution in [1.82, 2.24) is 10.3 Å². The zero-order valence-corrected chi connectivity index (χ0v) is 16.5. The summed E-state index contributed by atoms with van der Waals surface area (Å²) >= 11 is 5.87. The van der Waals surface area contributed by atoms with Gasteiger partial charge in [-0.3, -0.25) is 4.79 Å². The zero-order valence-electron chi connectivity index (χ0n) is 15.0. The number of halogens is 1. The van der Waals surface area contributed by atoms with Crippen molar-refractivity contribution >= 4 is 27.3 Å². The second-order valence-corrected chi connectivity index (χ2v) is 8.65. The first kappa shape index (κ1) is 20.1. The van der Waals surface area contributed by atoms with Crippen LogP contribution in [0.15, 0.2) is 70.1 Å². The number of nitrogens with zero attached hydrogens (tertiary/aromatic N) is 1. The number of rotatable bonds is 8. The minimum Gasteiger partial charge on any atom is -0.441 e. The van der Waals surface area contributed by atoms with E-state index in [0.717, 1.165) is 5.56 Å². The van der Waals surface area contributed by atoms with Crippen molar-refractivity contribution in [2.45, 2.75) is 17.7 Å². The molecule has 0 aliphatic rings. The molecule has 6 nitrogen and oxygen atoms in total. The second-order valence-electron chi connectivity index (χ2n) is 6.11. The van der Waals surface area contributed by atoms with E-state index in [0.29, 0.717) is 23.1 Å². The lowest BCUT2D eigenvalue weighted by Gasteiger charge is -2.06. The first-order valence-corrected chi connectivity index (χ1v) is 10.7. The molecule has 0 saturated heterocycles. The largest absolute Gasteiger partial charge is 0.441 e. The van der Waals surface area contributed by atoms with E-state index in [9.17, 15) is 13.2 Å². The summed E-state index contributed by atoms with van der Waals surface area (Å²) in [6.07, 6.45) is 2.08. The van der Waals surface area contributed by atoms with Crippen LogP contribution in [0, 0.1) is 0 Å². The van der Waals surface area contributed by atoms with Gasteiger partial charge in [0, 0.05) is 30.0 Å². The van der Waals surface area contributed by atoms with Crippen LogP contribution in [-0.4, -0.2) is 31.6 Å². The van der Waals surface area contributed by atoms with Crippen LogP contribution in [0.3, 0.4) is 0 Å². The highest BCUT2D eigenvalue weighted by atomic mass is 35.5. The molecule has 0 fully saturated rings. The van der Waals surface area contributed by atoms with Gasteiger partial charge in [-0.05, 0) is 36.4 Å². The van der Waals surface area contributed by atoms with Crippen molar-refractivity contribution < 1.29 is 17.6 Å². The van der Waals surface area contributed by atoms with Crippen LogP contribution in [0.2, 0.25) is 5.02 Å². The number of carbonyl (C=O) groups excluding carboxylic acids is 1. The number of sulfone groups is 1. The SMILES string of the molecule is O=C(CCc1ncc(-c2ccc(Cl)cc2)o1)NCCS(=O)(=O)c1ccccc1. The molecule has 1 N–H and O–H groups in total. The summed E-state index contributed by atoms with van der Waals surface area (Å²) in [7, 11) is -3.41. The van der Waals surface area contributed by atoms with Gasteiger partial charge < -0.3 is 9.73 Å². The number of aromatic nitrogens is 1. The van der Waals surface area contributed by atoms with Crippen LogP contribution in [-0.2, 0) is 21.1 Å². The first-order chi connectivity index (χ1) is 13.4. The van der Waals surface area contributed by atoms with Crippen LogP contribution in [0.25, 0.3) is 11.3 Å². The van der Waals surface area contributed by atoms with Crippen molar-refractivity contribution in [2.75, 3.05) is 12.3 Å². The van der Waals surface area contributed by atoms with E-state index in [-0.39, 0.29) is 29.5 Å². The third-order valence-corrected chi connectivity index (χ3v) is 6.03. The van der Waals surface area contributed by atoms with Gasteiger partial charge in [0.05, 0.1) is 16.8 Å². The van der Waals surface area contributed by atoms with Crippen LogP contribution in [0.4, 0.5) is 0 Å². The molecule has 0 atom stereocenters. The standard InChI is InChI=1S/C20H19ClN2O4S/c21-16-8-6-15(7-9-16)18-14-23-20(27-18)11-10-19(24)22-12-13-28(25,26)17-4-2-1-3-5-17/h1-9,14H,10-13H2,(H,22,24). The molecule has 3 rings (SSSR count). The fourth-order valence-corrected chi connectivity index (χ4v) is 3.86. The highest BCUT2D eigenvalue weighted by Crippen LogP contribution is 2.22. The molecule has 0 radical (unpaired) electrons. The van der Waals surface area contributed by atoms with E-state index in [2.05, 4.69) is 10.3 Å². The van der Waals surface area contributed by atoms with Crippen molar-refractivity contribution in [2.24, 2.45) is 0 Å². The highest BCUT2D eigenvalue weighted by molar-refractivity contribution is 7.91. The Balaban J connectivity index is 1.45. The fourth-order valence-electron chi connectivity index (χ4n) is 2.55. The van der Waals surface area contributed by atoms with Crippen molar-refractivity contribution in [3.05, 3.63) is 71.7 Å². The Labute approximate surface area is 168 Å². The van der Waals surface area contributed by atoms with Gasteiger partial charge in [0.1, 0.15) is 0 Å². The van der Waals surface area contributed by atoms with Crippen LogP contribution < -0.4 is 5.32 Å². The van der Waals surface area contributed by atoms with Gasteiger partial charge in [-0.1, -0.05) is 29.8 Å². The number of hydrogen-bond acceptors (Lipinski definition) is 5. The molecule has 8 heteroatoms. The molecule has 1 amide bonds. The quantitative estimate of drug-likeness (QED) is 0.604. The van der Waals surface area contributed by atoms with Crippen LogP contribution in [0.5, 0.6) is 0 Å². The summed E-state index contributed by atoms with van der Waals surface area (Å²) in [6, 6.07) is 15.3. The van der Waals surface area contributed by atoms with E-state index in [1.165, 1.54) is 12.1 Å². The third-order valence-electron chi connectivity index (χ3n) is 4.04. The number of hydrogen-bond donors (Lipinski definition) is 1. The summed E-state index contributed by atoms with van der Waals surface area (Å²) in [4.78, 5) is 16.4. The van der Waals surface area contributed by atoms with Gasteiger partial charge in [-0.15, -0.1) is 0 Å². The van der Waals surface area contributed by atoms with E-state index in [1.54, 1.807) is 36.5 Å². The van der Waals surface area contributed by atoms with E-state index in [4.69, 9.17) is 16.0 Å². The van der Waals surface area contributed by atoms with Gasteiger partial charge in [-0.25, -0.2) is 13.4 Å². The summed E-state index contributed by atoms with van der Waals surface area (Å²) in [5.41, 5.74) is 0.846. The lowest BCUT2D eigenvalue weighted by molar-refractivity contribution is -0.121. The molecule has 2 aromatic carbocycles. The molecule has 0 spiro atoms. The van der Waals surface area contributed by atoms with E-state index >= 15 is 0 Å². The Kier molecular flexibility index (Phi) is 6.49. The predicted octanol–water partition coefficient (Wildman–Crippen LogP) is 3.52. The molecular weight excluding hydrogens is 400 g/mol. The minimum atomic E-state index is -3.41. The van der Waals surface area contributed by atoms with Gasteiger partial charge in [-0.2, -0.15) is 0 Å². The van der Waals surface area contributed by atoms with Gasteiger partial charge >= 0.3 is 0 Å². The van der Waals surface area contributed by atoms with Gasteiger partial charge in [0.25, 0.3) is 0 Å². The number of nitrogens with one attached hydrogen (secondary N) is 1. The average molecular weight is 419 g/mol. The smallest absolute Gasteiger partial charge is 0.220 e. The molecule has 0 saturated carbocycles. The van der Waals surface area contributed by atoms with Crippen molar-refractivity contribution in [3.63, 3.8) is 0 Å². The molecule has 146 valence electrons. The van der Waals surface area contributed by atoms with Gasteiger partial charge in [0.2, 0.25) is 5.91 Å². The zero-order chi connectivity index (χ0) is 20.0. The summed E-state index contributed by atoms with van der Waals surface area (Å²) in [5.74, 6) is 0.634. The molecule has 0 unspecified atom stereocenters. The predicted molar refractivity (Wildman–Crippen MR) is 107 cm³/mol. The summed E-state index contributed by atoms with van der Waals surface area (Å²) < 4.78 is 30.0. The van der Waals surface area contributed by atoms with Crippen molar-refractivity contribution in [1.29, 1.82) is 0 Å². The normalized spacial score (nSPS) is 11.3. The fraction of sp³-hybridized carbons (Fsp3) is 0.200. The molecule has 3 aromatic rings. The van der Waals surface area contributed by atoms with E-state index in [1.807, 2.05) is 12.1 Å². The van der Waals surface area contributed by atoms with Crippen molar-refractivity contribution in [3.8, 4) is 11.3 Å². The second kappa shape index (κ2) is 9.03. The molecule has 0 bridgehead atoms.